The molecule has 0 spiro atoms. The Hall–Kier alpha value is -1.87. The molecule has 22 heavy (non-hydrogen) atoms. The van der Waals surface area contributed by atoms with Crippen molar-refractivity contribution in [1.29, 1.82) is 0 Å². The first-order valence-electron chi connectivity index (χ1n) is 7.85. The number of hydrogen-bond acceptors (Lipinski definition) is 2. The van der Waals surface area contributed by atoms with Crippen molar-refractivity contribution in [2.75, 3.05) is 20.2 Å². The fraction of sp³-hybridized carbons (Fsp3) is 0.368. The maximum absolute atomic E-state index is 13.1. The molecule has 0 saturated carbocycles. The van der Waals surface area contributed by atoms with Crippen LogP contribution in [0.2, 0.25) is 0 Å². The normalized spacial score (nSPS) is 21.5. The van der Waals surface area contributed by atoms with Gasteiger partial charge in [-0.3, -0.25) is 0 Å². The van der Waals surface area contributed by atoms with Crippen LogP contribution in [0.1, 0.15) is 23.5 Å². The van der Waals surface area contributed by atoms with Crippen LogP contribution in [-0.2, 0) is 6.42 Å². The highest BCUT2D eigenvalue weighted by Crippen LogP contribution is 2.33. The average Bonchev–Trinajstić information content (AvgIpc) is 2.57. The minimum Gasteiger partial charge on any atom is -0.497 e. The van der Waals surface area contributed by atoms with E-state index in [2.05, 4.69) is 17.4 Å². The van der Waals surface area contributed by atoms with E-state index in [9.17, 15) is 4.39 Å². The summed E-state index contributed by atoms with van der Waals surface area (Å²) in [5.41, 5.74) is 2.57. The Morgan fingerprint density at radius 2 is 1.82 bits per heavy atom. The number of ether oxygens (including phenoxy) is 1. The van der Waals surface area contributed by atoms with E-state index < -0.39 is 0 Å². The van der Waals surface area contributed by atoms with E-state index in [0.717, 1.165) is 31.7 Å². The van der Waals surface area contributed by atoms with Crippen molar-refractivity contribution in [3.63, 3.8) is 0 Å². The van der Waals surface area contributed by atoms with Gasteiger partial charge in [-0.25, -0.2) is 4.39 Å². The number of benzene rings is 2. The van der Waals surface area contributed by atoms with E-state index in [4.69, 9.17) is 4.74 Å². The number of methoxy groups -OCH3 is 1. The van der Waals surface area contributed by atoms with Crippen LogP contribution in [0.25, 0.3) is 0 Å². The summed E-state index contributed by atoms with van der Waals surface area (Å²) in [5, 5.41) is 3.49. The molecule has 2 unspecified atom stereocenters. The average molecular weight is 299 g/mol. The van der Waals surface area contributed by atoms with Gasteiger partial charge in [-0.05, 0) is 73.2 Å². The quantitative estimate of drug-likeness (QED) is 0.928. The highest BCUT2D eigenvalue weighted by atomic mass is 19.1. The fourth-order valence-corrected chi connectivity index (χ4v) is 3.35. The summed E-state index contributed by atoms with van der Waals surface area (Å²) in [7, 11) is 1.69. The number of piperidine rings is 1. The van der Waals surface area contributed by atoms with Crippen LogP contribution in [0.4, 0.5) is 4.39 Å². The largest absolute Gasteiger partial charge is 0.497 e. The minimum absolute atomic E-state index is 0.163. The Morgan fingerprint density at radius 3 is 2.50 bits per heavy atom. The molecular formula is C19H22FNO. The van der Waals surface area contributed by atoms with Crippen LogP contribution < -0.4 is 10.1 Å². The zero-order valence-electron chi connectivity index (χ0n) is 12.9. The van der Waals surface area contributed by atoms with Crippen molar-refractivity contribution >= 4 is 0 Å². The SMILES string of the molecule is COc1ccc(CC2CNCCC2c2ccc(F)cc2)cc1. The third-order valence-corrected chi connectivity index (χ3v) is 4.56. The molecule has 1 fully saturated rings. The van der Waals surface area contributed by atoms with Crippen molar-refractivity contribution in [3.05, 3.63) is 65.5 Å². The molecule has 116 valence electrons. The lowest BCUT2D eigenvalue weighted by Gasteiger charge is -2.33. The van der Waals surface area contributed by atoms with E-state index >= 15 is 0 Å². The second-order valence-corrected chi connectivity index (χ2v) is 5.96. The maximum Gasteiger partial charge on any atom is 0.123 e. The Bertz CT molecular complexity index is 594. The lowest BCUT2D eigenvalue weighted by molar-refractivity contribution is 0.324. The lowest BCUT2D eigenvalue weighted by atomic mass is 9.78. The van der Waals surface area contributed by atoms with Crippen molar-refractivity contribution in [2.24, 2.45) is 5.92 Å². The van der Waals surface area contributed by atoms with Gasteiger partial charge in [0.2, 0.25) is 0 Å². The number of halogens is 1. The molecule has 1 heterocycles. The zero-order valence-corrected chi connectivity index (χ0v) is 12.9. The monoisotopic (exact) mass is 299 g/mol. The number of hydrogen-bond donors (Lipinski definition) is 1. The summed E-state index contributed by atoms with van der Waals surface area (Å²) < 4.78 is 18.4. The van der Waals surface area contributed by atoms with E-state index in [-0.39, 0.29) is 5.82 Å². The molecule has 1 saturated heterocycles. The first kappa shape index (κ1) is 15.0. The van der Waals surface area contributed by atoms with Gasteiger partial charge < -0.3 is 10.1 Å². The van der Waals surface area contributed by atoms with Gasteiger partial charge in [0, 0.05) is 0 Å². The number of nitrogens with one attached hydrogen (secondary N) is 1. The van der Waals surface area contributed by atoms with Crippen LogP contribution in [0.15, 0.2) is 48.5 Å². The molecule has 0 radical (unpaired) electrons. The lowest BCUT2D eigenvalue weighted by Crippen LogP contribution is -2.36. The summed E-state index contributed by atoms with van der Waals surface area (Å²) >= 11 is 0. The molecule has 3 rings (SSSR count). The Labute approximate surface area is 131 Å². The third kappa shape index (κ3) is 3.47. The molecule has 2 atom stereocenters. The maximum atomic E-state index is 13.1. The molecule has 0 bridgehead atoms. The highest BCUT2D eigenvalue weighted by Gasteiger charge is 2.26. The Balaban J connectivity index is 1.75. The topological polar surface area (TPSA) is 21.3 Å². The fourth-order valence-electron chi connectivity index (χ4n) is 3.35. The van der Waals surface area contributed by atoms with Gasteiger partial charge in [-0.15, -0.1) is 0 Å². The van der Waals surface area contributed by atoms with Gasteiger partial charge in [0.25, 0.3) is 0 Å². The summed E-state index contributed by atoms with van der Waals surface area (Å²) in [6.45, 7) is 2.04. The first-order chi connectivity index (χ1) is 10.8. The molecular weight excluding hydrogens is 277 g/mol. The van der Waals surface area contributed by atoms with Gasteiger partial charge in [-0.1, -0.05) is 24.3 Å². The van der Waals surface area contributed by atoms with Crippen LogP contribution in [0.5, 0.6) is 5.75 Å². The molecule has 0 aliphatic carbocycles. The van der Waals surface area contributed by atoms with Crippen molar-refractivity contribution in [3.8, 4) is 5.75 Å². The molecule has 0 aromatic heterocycles. The summed E-state index contributed by atoms with van der Waals surface area (Å²) in [6.07, 6.45) is 2.13. The van der Waals surface area contributed by atoms with E-state index in [1.54, 1.807) is 19.2 Å². The second kappa shape index (κ2) is 6.93. The van der Waals surface area contributed by atoms with E-state index in [0.29, 0.717) is 11.8 Å². The molecule has 1 N–H and O–H groups in total. The van der Waals surface area contributed by atoms with E-state index in [1.165, 1.54) is 11.1 Å². The first-order valence-corrected chi connectivity index (χ1v) is 7.85. The molecule has 0 amide bonds. The Morgan fingerprint density at radius 1 is 1.09 bits per heavy atom. The summed E-state index contributed by atoms with van der Waals surface area (Å²) in [5.74, 6) is 1.75. The van der Waals surface area contributed by atoms with Crippen LogP contribution in [-0.4, -0.2) is 20.2 Å². The molecule has 2 aromatic carbocycles. The van der Waals surface area contributed by atoms with E-state index in [1.807, 2.05) is 24.3 Å². The predicted molar refractivity (Wildman–Crippen MR) is 86.8 cm³/mol. The molecule has 2 nitrogen and oxygen atoms in total. The van der Waals surface area contributed by atoms with Gasteiger partial charge in [0.05, 0.1) is 7.11 Å². The minimum atomic E-state index is -0.163. The van der Waals surface area contributed by atoms with Gasteiger partial charge >= 0.3 is 0 Å². The Kier molecular flexibility index (Phi) is 4.74. The molecule has 2 aromatic rings. The second-order valence-electron chi connectivity index (χ2n) is 5.96. The molecule has 3 heteroatoms. The smallest absolute Gasteiger partial charge is 0.123 e. The molecule has 1 aliphatic rings. The molecule has 1 aliphatic heterocycles. The van der Waals surface area contributed by atoms with Gasteiger partial charge in [0.1, 0.15) is 11.6 Å². The zero-order chi connectivity index (χ0) is 15.4. The number of rotatable bonds is 4. The van der Waals surface area contributed by atoms with Crippen molar-refractivity contribution in [1.82, 2.24) is 5.32 Å². The van der Waals surface area contributed by atoms with Gasteiger partial charge in [-0.2, -0.15) is 0 Å². The predicted octanol–water partition coefficient (Wildman–Crippen LogP) is 3.77. The van der Waals surface area contributed by atoms with Crippen molar-refractivity contribution in [2.45, 2.75) is 18.8 Å². The summed E-state index contributed by atoms with van der Waals surface area (Å²) in [6, 6.07) is 15.3. The highest BCUT2D eigenvalue weighted by molar-refractivity contribution is 5.29. The van der Waals surface area contributed by atoms with Crippen LogP contribution in [0.3, 0.4) is 0 Å². The summed E-state index contributed by atoms with van der Waals surface area (Å²) in [4.78, 5) is 0. The third-order valence-electron chi connectivity index (χ3n) is 4.56. The standard InChI is InChI=1S/C19H22FNO/c1-22-18-8-2-14(3-9-18)12-16-13-21-11-10-19(16)15-4-6-17(20)7-5-15/h2-9,16,19,21H,10-13H2,1H3. The van der Waals surface area contributed by atoms with Crippen molar-refractivity contribution < 1.29 is 9.13 Å². The van der Waals surface area contributed by atoms with Crippen LogP contribution in [0, 0.1) is 11.7 Å². The van der Waals surface area contributed by atoms with Gasteiger partial charge in [0.15, 0.2) is 0 Å². The van der Waals surface area contributed by atoms with Crippen LogP contribution >= 0.6 is 0 Å².